The van der Waals surface area contributed by atoms with Crippen molar-refractivity contribution in [3.8, 4) is 5.95 Å². The topological polar surface area (TPSA) is 99.4 Å². The SMILES string of the molecule is O=C(c1cc(NCC(F)F)nc(-n2ccnc2)n1)N1CCC(N2CCc3ccccc3C2)[C@H](O)C1. The molecule has 2 aliphatic rings. The zero-order valence-electron chi connectivity index (χ0n) is 19.1. The van der Waals surface area contributed by atoms with Gasteiger partial charge in [-0.3, -0.25) is 14.3 Å². The summed E-state index contributed by atoms with van der Waals surface area (Å²) in [7, 11) is 0. The van der Waals surface area contributed by atoms with Crippen LogP contribution in [0.5, 0.6) is 0 Å². The van der Waals surface area contributed by atoms with Gasteiger partial charge >= 0.3 is 0 Å². The first kappa shape index (κ1) is 23.3. The zero-order valence-corrected chi connectivity index (χ0v) is 19.1. The molecule has 9 nitrogen and oxygen atoms in total. The molecule has 184 valence electrons. The van der Waals surface area contributed by atoms with Crippen molar-refractivity contribution >= 4 is 11.7 Å². The molecule has 2 aliphatic heterocycles. The van der Waals surface area contributed by atoms with Crippen LogP contribution in [-0.2, 0) is 13.0 Å². The molecule has 0 aliphatic carbocycles. The maximum Gasteiger partial charge on any atom is 0.272 e. The van der Waals surface area contributed by atoms with Crippen LogP contribution in [0.25, 0.3) is 5.95 Å². The van der Waals surface area contributed by atoms with Gasteiger partial charge in [-0.15, -0.1) is 0 Å². The number of anilines is 1. The predicted molar refractivity (Wildman–Crippen MR) is 125 cm³/mol. The van der Waals surface area contributed by atoms with Gasteiger partial charge < -0.3 is 15.3 Å². The summed E-state index contributed by atoms with van der Waals surface area (Å²) in [4.78, 5) is 29.7. The number of β-amino-alcohol motifs (C(OH)–C–C–N with tert-alkyl or cyclic N) is 1. The minimum Gasteiger partial charge on any atom is -0.390 e. The van der Waals surface area contributed by atoms with Crippen LogP contribution in [0.4, 0.5) is 14.6 Å². The van der Waals surface area contributed by atoms with Crippen molar-refractivity contribution in [2.45, 2.75) is 38.0 Å². The molecule has 1 fully saturated rings. The number of nitrogens with zero attached hydrogens (tertiary/aromatic N) is 6. The lowest BCUT2D eigenvalue weighted by Crippen LogP contribution is -2.56. The van der Waals surface area contributed by atoms with E-state index in [1.807, 2.05) is 12.1 Å². The summed E-state index contributed by atoms with van der Waals surface area (Å²) in [5.41, 5.74) is 2.69. The Kier molecular flexibility index (Phi) is 6.69. The van der Waals surface area contributed by atoms with Crippen molar-refractivity contribution in [1.29, 1.82) is 0 Å². The summed E-state index contributed by atoms with van der Waals surface area (Å²) >= 11 is 0. The largest absolute Gasteiger partial charge is 0.390 e. The highest BCUT2D eigenvalue weighted by atomic mass is 19.3. The van der Waals surface area contributed by atoms with Crippen molar-refractivity contribution in [3.05, 3.63) is 65.9 Å². The Labute approximate surface area is 201 Å². The first-order chi connectivity index (χ1) is 17.0. The Balaban J connectivity index is 1.30. The molecule has 0 saturated carbocycles. The number of hydrogen-bond acceptors (Lipinski definition) is 7. The number of carbonyl (C=O) groups is 1. The predicted octanol–water partition coefficient (Wildman–Crippen LogP) is 1.97. The fourth-order valence-corrected chi connectivity index (χ4v) is 4.80. The Morgan fingerprint density at radius 3 is 2.77 bits per heavy atom. The zero-order chi connectivity index (χ0) is 24.4. The van der Waals surface area contributed by atoms with E-state index < -0.39 is 19.1 Å². The fourth-order valence-electron chi connectivity index (χ4n) is 4.80. The van der Waals surface area contributed by atoms with Crippen molar-refractivity contribution in [2.24, 2.45) is 0 Å². The van der Waals surface area contributed by atoms with E-state index in [-0.39, 0.29) is 36.0 Å². The lowest BCUT2D eigenvalue weighted by Gasteiger charge is -2.43. The number of benzene rings is 1. The summed E-state index contributed by atoms with van der Waals surface area (Å²) in [6.45, 7) is 1.68. The third-order valence-electron chi connectivity index (χ3n) is 6.57. The smallest absolute Gasteiger partial charge is 0.272 e. The first-order valence-corrected chi connectivity index (χ1v) is 11.7. The molecule has 1 unspecified atom stereocenters. The van der Waals surface area contributed by atoms with Crippen LogP contribution in [-0.4, -0.2) is 85.1 Å². The van der Waals surface area contributed by atoms with E-state index in [1.54, 1.807) is 11.1 Å². The molecule has 0 radical (unpaired) electrons. The quantitative estimate of drug-likeness (QED) is 0.553. The van der Waals surface area contributed by atoms with Gasteiger partial charge in [0.15, 0.2) is 0 Å². The molecule has 35 heavy (non-hydrogen) atoms. The van der Waals surface area contributed by atoms with Crippen LogP contribution in [0.1, 0.15) is 28.0 Å². The molecule has 0 spiro atoms. The molecular weight excluding hydrogens is 456 g/mol. The second-order valence-corrected chi connectivity index (χ2v) is 8.84. The number of likely N-dealkylation sites (tertiary alicyclic amines) is 1. The number of alkyl halides is 2. The van der Waals surface area contributed by atoms with Crippen LogP contribution < -0.4 is 5.32 Å². The number of amides is 1. The van der Waals surface area contributed by atoms with Gasteiger partial charge in [0, 0.05) is 50.7 Å². The molecule has 2 N–H and O–H groups in total. The van der Waals surface area contributed by atoms with E-state index in [9.17, 15) is 18.7 Å². The van der Waals surface area contributed by atoms with Gasteiger partial charge in [-0.25, -0.2) is 18.7 Å². The van der Waals surface area contributed by atoms with Crippen LogP contribution in [0.3, 0.4) is 0 Å². The summed E-state index contributed by atoms with van der Waals surface area (Å²) < 4.78 is 27.0. The maximum absolute atomic E-state index is 13.3. The van der Waals surface area contributed by atoms with E-state index >= 15 is 0 Å². The minimum absolute atomic E-state index is 0.0393. The number of hydrogen-bond donors (Lipinski definition) is 2. The summed E-state index contributed by atoms with van der Waals surface area (Å²) in [6, 6.07) is 9.68. The van der Waals surface area contributed by atoms with Crippen LogP contribution in [0, 0.1) is 0 Å². The van der Waals surface area contributed by atoms with Gasteiger partial charge in [0.1, 0.15) is 17.8 Å². The van der Waals surface area contributed by atoms with Gasteiger partial charge in [0.2, 0.25) is 5.95 Å². The molecule has 1 amide bonds. The van der Waals surface area contributed by atoms with E-state index in [1.165, 1.54) is 34.3 Å². The number of piperidine rings is 1. The number of aliphatic hydroxyl groups is 1. The molecule has 1 aromatic carbocycles. The molecule has 4 heterocycles. The molecule has 11 heteroatoms. The number of nitrogens with one attached hydrogen (secondary N) is 1. The molecule has 2 atom stereocenters. The number of carbonyl (C=O) groups excluding carboxylic acids is 1. The average Bonchev–Trinajstić information content (AvgIpc) is 3.42. The second-order valence-electron chi connectivity index (χ2n) is 8.84. The number of aromatic nitrogens is 4. The Morgan fingerprint density at radius 1 is 1.20 bits per heavy atom. The number of rotatable bonds is 6. The molecule has 2 aromatic heterocycles. The number of fused-ring (bicyclic) bond motifs is 1. The van der Waals surface area contributed by atoms with Crippen molar-refractivity contribution in [2.75, 3.05) is 31.5 Å². The third-order valence-corrected chi connectivity index (χ3v) is 6.57. The maximum atomic E-state index is 13.3. The summed E-state index contributed by atoms with van der Waals surface area (Å²) in [5.74, 6) is -0.113. The molecule has 0 bridgehead atoms. The van der Waals surface area contributed by atoms with Gasteiger partial charge in [0.05, 0.1) is 12.6 Å². The van der Waals surface area contributed by atoms with Crippen molar-refractivity contribution in [1.82, 2.24) is 29.3 Å². The number of halogens is 2. The highest BCUT2D eigenvalue weighted by Crippen LogP contribution is 2.26. The standard InChI is InChI=1S/C24H27F2N7O2/c25-21(26)12-28-22-11-18(29-24(30-22)33-10-7-27-15-33)23(35)32-9-6-19(20(34)14-32)31-8-5-16-3-1-2-4-17(16)13-31/h1-4,7,10-11,15,19-21,34H,5-6,8-9,12-14H2,(H,28,29,30)/t19?,20-/m1/s1. The fraction of sp³-hybridized carbons (Fsp3) is 0.417. The lowest BCUT2D eigenvalue weighted by atomic mass is 9.94. The van der Waals surface area contributed by atoms with Gasteiger partial charge in [-0.1, -0.05) is 24.3 Å². The highest BCUT2D eigenvalue weighted by molar-refractivity contribution is 5.93. The average molecular weight is 484 g/mol. The summed E-state index contributed by atoms with van der Waals surface area (Å²) in [6.07, 6.45) is 2.89. The Bertz CT molecular complexity index is 1170. The van der Waals surface area contributed by atoms with Crippen LogP contribution in [0.2, 0.25) is 0 Å². The van der Waals surface area contributed by atoms with Crippen molar-refractivity contribution < 1.29 is 18.7 Å². The van der Waals surface area contributed by atoms with Gasteiger partial charge in [-0.2, -0.15) is 4.98 Å². The normalized spacial score (nSPS) is 20.6. The Morgan fingerprint density at radius 2 is 2.03 bits per heavy atom. The summed E-state index contributed by atoms with van der Waals surface area (Å²) in [5, 5.41) is 13.5. The molecule has 5 rings (SSSR count). The third kappa shape index (κ3) is 5.15. The van der Waals surface area contributed by atoms with Crippen LogP contribution >= 0.6 is 0 Å². The van der Waals surface area contributed by atoms with E-state index in [4.69, 9.17) is 0 Å². The highest BCUT2D eigenvalue weighted by Gasteiger charge is 2.36. The molecular formula is C24H27F2N7O2. The monoisotopic (exact) mass is 483 g/mol. The molecule has 1 saturated heterocycles. The van der Waals surface area contributed by atoms with Gasteiger partial charge in [0.25, 0.3) is 12.3 Å². The van der Waals surface area contributed by atoms with E-state index in [0.29, 0.717) is 13.0 Å². The second kappa shape index (κ2) is 10.0. The number of imidazole rings is 1. The van der Waals surface area contributed by atoms with E-state index in [2.05, 4.69) is 37.3 Å². The first-order valence-electron chi connectivity index (χ1n) is 11.7. The van der Waals surface area contributed by atoms with Crippen molar-refractivity contribution in [3.63, 3.8) is 0 Å². The van der Waals surface area contributed by atoms with E-state index in [0.717, 1.165) is 19.5 Å². The molecule has 3 aromatic rings. The van der Waals surface area contributed by atoms with Gasteiger partial charge in [-0.05, 0) is 24.0 Å². The lowest BCUT2D eigenvalue weighted by molar-refractivity contribution is -0.0139. The Hall–Kier alpha value is -3.44. The number of aliphatic hydroxyl groups excluding tert-OH is 1. The van der Waals surface area contributed by atoms with Crippen LogP contribution in [0.15, 0.2) is 49.1 Å². The minimum atomic E-state index is -2.57.